The summed E-state index contributed by atoms with van der Waals surface area (Å²) in [5.74, 6) is 0.114. The van der Waals surface area contributed by atoms with E-state index in [9.17, 15) is 9.90 Å². The van der Waals surface area contributed by atoms with Crippen molar-refractivity contribution in [2.75, 3.05) is 5.32 Å². The number of fused-ring (bicyclic) bond motifs is 1. The number of hydrogen-bond acceptors (Lipinski definition) is 4. The summed E-state index contributed by atoms with van der Waals surface area (Å²) < 4.78 is 0.995. The number of benzene rings is 2. The minimum absolute atomic E-state index is 0.128. The molecule has 20 heavy (non-hydrogen) atoms. The Kier molecular flexibility index (Phi) is 3.12. The second-order valence-electron chi connectivity index (χ2n) is 4.43. The van der Waals surface area contributed by atoms with Gasteiger partial charge >= 0.3 is 0 Å². The molecular weight excluding hydrogens is 272 g/mol. The highest BCUT2D eigenvalue weighted by Crippen LogP contribution is 2.31. The van der Waals surface area contributed by atoms with Gasteiger partial charge in [0.15, 0.2) is 5.13 Å². The SMILES string of the molecule is CC(=O)Nc1nc2ccc(-c3cccc(O)c3)cc2s1. The number of carbonyl (C=O) groups is 1. The molecule has 2 aromatic carbocycles. The predicted octanol–water partition coefficient (Wildman–Crippen LogP) is 3.63. The summed E-state index contributed by atoms with van der Waals surface area (Å²) in [6.45, 7) is 1.46. The molecule has 0 saturated carbocycles. The van der Waals surface area contributed by atoms with Crippen molar-refractivity contribution in [2.45, 2.75) is 6.92 Å². The van der Waals surface area contributed by atoms with Gasteiger partial charge in [0.25, 0.3) is 0 Å². The summed E-state index contributed by atoms with van der Waals surface area (Å²) in [5.41, 5.74) is 2.80. The summed E-state index contributed by atoms with van der Waals surface area (Å²) in [4.78, 5) is 15.4. The third-order valence-electron chi connectivity index (χ3n) is 2.85. The van der Waals surface area contributed by atoms with Crippen molar-refractivity contribution in [1.82, 2.24) is 4.98 Å². The highest BCUT2D eigenvalue weighted by molar-refractivity contribution is 7.22. The lowest BCUT2D eigenvalue weighted by Crippen LogP contribution is -2.04. The molecule has 0 bridgehead atoms. The number of hydrogen-bond donors (Lipinski definition) is 2. The molecule has 0 unspecified atom stereocenters. The molecule has 1 heterocycles. The van der Waals surface area contributed by atoms with Crippen LogP contribution >= 0.6 is 11.3 Å². The number of rotatable bonds is 2. The van der Waals surface area contributed by atoms with E-state index in [1.54, 1.807) is 12.1 Å². The van der Waals surface area contributed by atoms with Gasteiger partial charge in [-0.2, -0.15) is 0 Å². The van der Waals surface area contributed by atoms with Crippen molar-refractivity contribution >= 4 is 32.6 Å². The smallest absolute Gasteiger partial charge is 0.223 e. The van der Waals surface area contributed by atoms with E-state index in [0.29, 0.717) is 5.13 Å². The number of aromatic nitrogens is 1. The number of nitrogens with one attached hydrogen (secondary N) is 1. The van der Waals surface area contributed by atoms with Crippen molar-refractivity contribution in [3.05, 3.63) is 42.5 Å². The minimum atomic E-state index is -0.128. The molecule has 0 aliphatic rings. The monoisotopic (exact) mass is 284 g/mol. The second-order valence-corrected chi connectivity index (χ2v) is 5.46. The zero-order valence-electron chi connectivity index (χ0n) is 10.8. The Morgan fingerprint density at radius 3 is 2.75 bits per heavy atom. The van der Waals surface area contributed by atoms with Crippen LogP contribution in [0.25, 0.3) is 21.3 Å². The third kappa shape index (κ3) is 2.48. The van der Waals surface area contributed by atoms with E-state index in [0.717, 1.165) is 21.3 Å². The zero-order valence-corrected chi connectivity index (χ0v) is 11.6. The highest BCUT2D eigenvalue weighted by Gasteiger charge is 2.07. The average molecular weight is 284 g/mol. The van der Waals surface area contributed by atoms with Gasteiger partial charge in [0.1, 0.15) is 5.75 Å². The summed E-state index contributed by atoms with van der Waals surface area (Å²) in [6, 6.07) is 13.0. The fraction of sp³-hybridized carbons (Fsp3) is 0.0667. The molecule has 1 aromatic heterocycles. The molecule has 4 nitrogen and oxygen atoms in total. The third-order valence-corrected chi connectivity index (χ3v) is 3.78. The van der Waals surface area contributed by atoms with Crippen molar-refractivity contribution < 1.29 is 9.90 Å². The molecule has 1 amide bonds. The maximum absolute atomic E-state index is 11.0. The first-order valence-corrected chi connectivity index (χ1v) is 6.91. The van der Waals surface area contributed by atoms with E-state index in [1.165, 1.54) is 18.3 Å². The molecule has 0 saturated heterocycles. The summed E-state index contributed by atoms with van der Waals surface area (Å²) >= 11 is 1.43. The molecule has 0 aliphatic heterocycles. The molecule has 0 aliphatic carbocycles. The van der Waals surface area contributed by atoms with E-state index in [1.807, 2.05) is 30.3 Å². The summed E-state index contributed by atoms with van der Waals surface area (Å²) in [6.07, 6.45) is 0. The van der Waals surface area contributed by atoms with Gasteiger partial charge in [-0.05, 0) is 35.4 Å². The summed E-state index contributed by atoms with van der Waals surface area (Å²) in [7, 11) is 0. The Balaban J connectivity index is 2.04. The number of aromatic hydroxyl groups is 1. The number of carbonyl (C=O) groups excluding carboxylic acids is 1. The minimum Gasteiger partial charge on any atom is -0.508 e. The Morgan fingerprint density at radius 2 is 2.00 bits per heavy atom. The van der Waals surface area contributed by atoms with Gasteiger partial charge in [0.2, 0.25) is 5.91 Å². The standard InChI is InChI=1S/C15H12N2O2S/c1-9(18)16-15-17-13-6-5-11(8-14(13)20-15)10-3-2-4-12(19)7-10/h2-8,19H,1H3,(H,16,17,18). The number of phenolic OH excluding ortho intramolecular Hbond substituents is 1. The van der Waals surface area contributed by atoms with Crippen LogP contribution in [0.1, 0.15) is 6.92 Å². The number of amides is 1. The summed E-state index contributed by atoms with van der Waals surface area (Å²) in [5, 5.41) is 12.8. The number of anilines is 1. The molecule has 3 rings (SSSR count). The fourth-order valence-corrected chi connectivity index (χ4v) is 2.94. The normalized spacial score (nSPS) is 10.7. The van der Waals surface area contributed by atoms with E-state index < -0.39 is 0 Å². The van der Waals surface area contributed by atoms with E-state index in [4.69, 9.17) is 0 Å². The van der Waals surface area contributed by atoms with E-state index in [-0.39, 0.29) is 11.7 Å². The van der Waals surface area contributed by atoms with Gasteiger partial charge in [-0.3, -0.25) is 4.79 Å². The molecule has 2 N–H and O–H groups in total. The fourth-order valence-electron chi connectivity index (χ4n) is 1.99. The predicted molar refractivity (Wildman–Crippen MR) is 81.0 cm³/mol. The van der Waals surface area contributed by atoms with Crippen molar-refractivity contribution in [3.63, 3.8) is 0 Å². The Labute approximate surface area is 119 Å². The largest absolute Gasteiger partial charge is 0.508 e. The van der Waals surface area contributed by atoms with Gasteiger partial charge in [0.05, 0.1) is 10.2 Å². The van der Waals surface area contributed by atoms with Crippen LogP contribution < -0.4 is 5.32 Å². The van der Waals surface area contributed by atoms with Crippen LogP contribution in [0.4, 0.5) is 5.13 Å². The maximum atomic E-state index is 11.0. The van der Waals surface area contributed by atoms with Crippen molar-refractivity contribution in [3.8, 4) is 16.9 Å². The maximum Gasteiger partial charge on any atom is 0.223 e. The lowest BCUT2D eigenvalue weighted by molar-refractivity contribution is -0.114. The number of phenols is 1. The first-order chi connectivity index (χ1) is 9.61. The number of nitrogens with zero attached hydrogens (tertiary/aromatic N) is 1. The molecule has 0 atom stereocenters. The molecule has 3 aromatic rings. The molecular formula is C15H12N2O2S. The van der Waals surface area contributed by atoms with Gasteiger partial charge < -0.3 is 10.4 Å². The molecule has 0 spiro atoms. The van der Waals surface area contributed by atoms with Crippen LogP contribution in [-0.2, 0) is 4.79 Å². The Hall–Kier alpha value is -2.40. The number of thiazole rings is 1. The Morgan fingerprint density at radius 1 is 1.20 bits per heavy atom. The van der Waals surface area contributed by atoms with Gasteiger partial charge in [0, 0.05) is 6.92 Å². The van der Waals surface area contributed by atoms with Crippen molar-refractivity contribution in [1.29, 1.82) is 0 Å². The second kappa shape index (κ2) is 4.94. The van der Waals surface area contributed by atoms with Crippen LogP contribution in [0.2, 0.25) is 0 Å². The average Bonchev–Trinajstić information content (AvgIpc) is 2.78. The molecule has 100 valence electrons. The highest BCUT2D eigenvalue weighted by atomic mass is 32.1. The lowest BCUT2D eigenvalue weighted by Gasteiger charge is -2.01. The van der Waals surface area contributed by atoms with Crippen LogP contribution in [0.3, 0.4) is 0 Å². The quantitative estimate of drug-likeness (QED) is 0.755. The zero-order chi connectivity index (χ0) is 14.1. The van der Waals surface area contributed by atoms with E-state index >= 15 is 0 Å². The van der Waals surface area contributed by atoms with Gasteiger partial charge in [-0.1, -0.05) is 29.5 Å². The van der Waals surface area contributed by atoms with Gasteiger partial charge in [-0.25, -0.2) is 4.98 Å². The first-order valence-electron chi connectivity index (χ1n) is 6.09. The van der Waals surface area contributed by atoms with E-state index in [2.05, 4.69) is 10.3 Å². The topological polar surface area (TPSA) is 62.2 Å². The van der Waals surface area contributed by atoms with Crippen molar-refractivity contribution in [2.24, 2.45) is 0 Å². The lowest BCUT2D eigenvalue weighted by atomic mass is 10.1. The first kappa shape index (κ1) is 12.6. The van der Waals surface area contributed by atoms with Crippen LogP contribution in [0.15, 0.2) is 42.5 Å². The van der Waals surface area contributed by atoms with Crippen LogP contribution in [-0.4, -0.2) is 16.0 Å². The van der Waals surface area contributed by atoms with Crippen LogP contribution in [0.5, 0.6) is 5.75 Å². The van der Waals surface area contributed by atoms with Gasteiger partial charge in [-0.15, -0.1) is 0 Å². The molecule has 0 fully saturated rings. The molecule has 0 radical (unpaired) electrons. The Bertz CT molecular complexity index is 795. The van der Waals surface area contributed by atoms with Crippen LogP contribution in [0, 0.1) is 0 Å². The molecule has 5 heteroatoms.